The summed E-state index contributed by atoms with van der Waals surface area (Å²) in [6, 6.07) is 21.5. The van der Waals surface area contributed by atoms with Crippen LogP contribution in [0.1, 0.15) is 41.5 Å². The molecule has 2 aromatic rings. The summed E-state index contributed by atoms with van der Waals surface area (Å²) in [5.41, 5.74) is -0.0591. The molecule has 0 saturated heterocycles. The van der Waals surface area contributed by atoms with Gasteiger partial charge >= 0.3 is 159 Å². The zero-order chi connectivity index (χ0) is 18.6. The van der Waals surface area contributed by atoms with Gasteiger partial charge in [0.15, 0.2) is 0 Å². The molecule has 0 saturated carbocycles. The molecule has 0 unspecified atom stereocenters. The van der Waals surface area contributed by atoms with Gasteiger partial charge in [0.05, 0.1) is 0 Å². The summed E-state index contributed by atoms with van der Waals surface area (Å²) in [5, 5.41) is 0. The third-order valence-electron chi connectivity index (χ3n) is 3.66. The molecule has 0 N–H and O–H groups in total. The fraction of sp³-hybridized carbons (Fsp3) is 0.333. The van der Waals surface area contributed by atoms with E-state index in [4.69, 9.17) is 0 Å². The van der Waals surface area contributed by atoms with Crippen molar-refractivity contribution in [2.24, 2.45) is 10.8 Å². The van der Waals surface area contributed by atoms with Crippen molar-refractivity contribution in [1.29, 1.82) is 0 Å². The molecule has 0 bridgehead atoms. The molecular formula is C24H28Pb. The third kappa shape index (κ3) is 5.76. The van der Waals surface area contributed by atoms with Gasteiger partial charge in [0, 0.05) is 0 Å². The monoisotopic (exact) mass is 524 g/mol. The molecule has 2 aromatic carbocycles. The van der Waals surface area contributed by atoms with E-state index in [1.807, 2.05) is 0 Å². The maximum absolute atomic E-state index is 3.78. The van der Waals surface area contributed by atoms with Crippen molar-refractivity contribution < 1.29 is 0 Å². The molecule has 0 aliphatic carbocycles. The van der Waals surface area contributed by atoms with E-state index in [1.54, 1.807) is 0 Å². The summed E-state index contributed by atoms with van der Waals surface area (Å²) in [7, 11) is 0. The van der Waals surface area contributed by atoms with Crippen LogP contribution < -0.4 is 6.25 Å². The second kappa shape index (κ2) is 7.80. The first-order valence-corrected chi connectivity index (χ1v) is 16.6. The van der Waals surface area contributed by atoms with E-state index in [0.717, 1.165) is 0 Å². The second-order valence-corrected chi connectivity index (χ2v) is 20.7. The summed E-state index contributed by atoms with van der Waals surface area (Å²) in [6.07, 6.45) is 0. The zero-order valence-corrected chi connectivity index (χ0v) is 20.2. The number of benzene rings is 2. The average molecular weight is 524 g/mol. The van der Waals surface area contributed by atoms with Crippen molar-refractivity contribution in [1.82, 2.24) is 0 Å². The van der Waals surface area contributed by atoms with E-state index in [2.05, 4.69) is 121 Å². The molecular weight excluding hydrogens is 495 g/mol. The van der Waals surface area contributed by atoms with Crippen LogP contribution in [0.25, 0.3) is 0 Å². The normalized spacial score (nSPS) is 11.8. The van der Waals surface area contributed by atoms with E-state index in [-0.39, 0.29) is 10.8 Å². The molecule has 0 aromatic heterocycles. The Kier molecular flexibility index (Phi) is 6.17. The fourth-order valence-corrected chi connectivity index (χ4v) is 16.0. The summed E-state index contributed by atoms with van der Waals surface area (Å²) < 4.78 is 10.2. The van der Waals surface area contributed by atoms with E-state index in [1.165, 1.54) is 6.25 Å². The van der Waals surface area contributed by atoms with Crippen LogP contribution in [0.3, 0.4) is 0 Å². The van der Waals surface area contributed by atoms with Gasteiger partial charge in [-0.05, 0) is 0 Å². The van der Waals surface area contributed by atoms with Gasteiger partial charge in [-0.1, -0.05) is 0 Å². The average Bonchev–Trinajstić information content (AvgIpc) is 2.55. The molecule has 0 spiro atoms. The minimum absolute atomic E-state index is 0.0295. The molecule has 0 aliphatic heterocycles. The predicted molar refractivity (Wildman–Crippen MR) is 112 cm³/mol. The third-order valence-corrected chi connectivity index (χ3v) is 16.9. The first-order chi connectivity index (χ1) is 11.6. The van der Waals surface area contributed by atoms with Gasteiger partial charge in [-0.15, -0.1) is 0 Å². The Morgan fingerprint density at radius 2 is 0.880 bits per heavy atom. The van der Waals surface area contributed by atoms with Crippen LogP contribution >= 0.6 is 0 Å². The van der Waals surface area contributed by atoms with E-state index in [9.17, 15) is 0 Å². The summed E-state index contributed by atoms with van der Waals surface area (Å²) >= 11 is -3.61. The maximum atomic E-state index is 3.78. The van der Waals surface area contributed by atoms with Gasteiger partial charge < -0.3 is 0 Å². The van der Waals surface area contributed by atoms with Crippen LogP contribution in [0.2, 0.25) is 0 Å². The molecule has 0 atom stereocenters. The van der Waals surface area contributed by atoms with Crippen molar-refractivity contribution in [3.63, 3.8) is 0 Å². The molecule has 1 heteroatoms. The number of rotatable bonds is 2. The van der Waals surface area contributed by atoms with Crippen molar-refractivity contribution >= 4 is 27.4 Å². The first-order valence-electron chi connectivity index (χ1n) is 8.82. The van der Waals surface area contributed by atoms with Gasteiger partial charge in [0.2, 0.25) is 0 Å². The number of hydrogen-bond acceptors (Lipinski definition) is 0. The molecule has 0 amide bonds. The van der Waals surface area contributed by atoms with Crippen molar-refractivity contribution in [2.45, 2.75) is 41.5 Å². The van der Waals surface area contributed by atoms with Crippen LogP contribution in [0.5, 0.6) is 0 Å². The summed E-state index contributed by atoms with van der Waals surface area (Å²) in [6.45, 7) is 13.0. The predicted octanol–water partition coefficient (Wildman–Crippen LogP) is 4.43. The van der Waals surface area contributed by atoms with Crippen molar-refractivity contribution in [3.05, 3.63) is 60.7 Å². The molecule has 25 heavy (non-hydrogen) atoms. The van der Waals surface area contributed by atoms with Crippen molar-refractivity contribution in [2.75, 3.05) is 0 Å². The van der Waals surface area contributed by atoms with Gasteiger partial charge in [-0.2, -0.15) is 0 Å². The Bertz CT molecular complexity index is 737. The standard InChI is InChI=1S/2C6H5.2C6H9.Pb/c2*1-2-4-6-5-3-1;2*1-5-6(2,3)4;/h2*1-5H;2*2-4H3;. The Morgan fingerprint density at radius 1 is 0.560 bits per heavy atom. The van der Waals surface area contributed by atoms with E-state index >= 15 is 0 Å². The van der Waals surface area contributed by atoms with Gasteiger partial charge in [0.1, 0.15) is 0 Å². The Morgan fingerprint density at radius 3 is 1.16 bits per heavy atom. The molecule has 2 rings (SSSR count). The molecule has 0 nitrogen and oxygen atoms in total. The molecule has 0 aliphatic rings. The minimum atomic E-state index is -3.61. The first kappa shape index (κ1) is 19.8. The second-order valence-electron chi connectivity index (χ2n) is 8.48. The zero-order valence-electron chi connectivity index (χ0n) is 16.3. The van der Waals surface area contributed by atoms with E-state index in [0.29, 0.717) is 0 Å². The summed E-state index contributed by atoms with van der Waals surface area (Å²) in [5.74, 6) is 7.08. The Balaban J connectivity index is 2.82. The van der Waals surface area contributed by atoms with Crippen LogP contribution in [-0.4, -0.2) is 21.2 Å². The SMILES string of the molecule is CC(C)(C)C#[C][Pb]([C]#CC(C)(C)C)([c]1ccccc1)[c]1ccccc1. The van der Waals surface area contributed by atoms with E-state index < -0.39 is 21.2 Å². The molecule has 0 radical (unpaired) electrons. The van der Waals surface area contributed by atoms with Crippen LogP contribution in [0, 0.1) is 29.6 Å². The Labute approximate surface area is 158 Å². The van der Waals surface area contributed by atoms with Crippen LogP contribution in [0.4, 0.5) is 0 Å². The number of hydrogen-bond donors (Lipinski definition) is 0. The molecule has 0 fully saturated rings. The topological polar surface area (TPSA) is 0 Å². The van der Waals surface area contributed by atoms with Crippen LogP contribution in [-0.2, 0) is 0 Å². The quantitative estimate of drug-likeness (QED) is 0.404. The van der Waals surface area contributed by atoms with Crippen molar-refractivity contribution in [3.8, 4) is 18.8 Å². The Hall–Kier alpha value is -1.52. The van der Waals surface area contributed by atoms with Gasteiger partial charge in [-0.25, -0.2) is 0 Å². The van der Waals surface area contributed by atoms with Gasteiger partial charge in [0.25, 0.3) is 0 Å². The fourth-order valence-electron chi connectivity index (χ4n) is 2.43. The molecule has 0 heterocycles. The summed E-state index contributed by atoms with van der Waals surface area (Å²) in [4.78, 5) is 0. The molecule has 128 valence electrons. The van der Waals surface area contributed by atoms with Gasteiger partial charge in [-0.3, -0.25) is 0 Å². The van der Waals surface area contributed by atoms with Crippen LogP contribution in [0.15, 0.2) is 60.7 Å².